The monoisotopic (exact) mass is 1630 g/mol. The van der Waals surface area contributed by atoms with Gasteiger partial charge in [0.05, 0.1) is 65.3 Å². The molecular formula is C65H56BrClCs2F6N12O8. The Morgan fingerprint density at radius 1 is 0.537 bits per heavy atom. The minimum atomic E-state index is -0.695. The summed E-state index contributed by atoms with van der Waals surface area (Å²) in [4.78, 5) is 46.4. The van der Waals surface area contributed by atoms with Crippen molar-refractivity contribution in [2.24, 2.45) is 0 Å². The van der Waals surface area contributed by atoms with Crippen LogP contribution in [0.15, 0.2) is 179 Å². The Morgan fingerprint density at radius 2 is 0.958 bits per heavy atom. The number of carbonyl (C=O) groups excluding carboxylic acids is 1. The molecule has 0 bridgehead atoms. The molecule has 0 saturated carbocycles. The predicted molar refractivity (Wildman–Crippen MR) is 337 cm³/mol. The molecule has 2 aliphatic rings. The number of nitrogens with zero attached hydrogens (tertiary/aromatic N) is 10. The van der Waals surface area contributed by atoms with Gasteiger partial charge in [0, 0.05) is 87.8 Å². The maximum absolute atomic E-state index is 13.6. The van der Waals surface area contributed by atoms with E-state index in [-0.39, 0.29) is 217 Å². The molecule has 12 aromatic rings. The first-order valence-electron chi connectivity index (χ1n) is 28.6. The third-order valence-corrected chi connectivity index (χ3v) is 15.1. The first-order chi connectivity index (χ1) is 44.6. The second-order valence-electron chi connectivity index (χ2n) is 20.9. The molecule has 0 amide bonds. The minimum absolute atomic E-state index is 0. The number of rotatable bonds is 11. The molecule has 0 radical (unpaired) electrons. The van der Waals surface area contributed by atoms with Gasteiger partial charge < -0.3 is 21.0 Å². The van der Waals surface area contributed by atoms with Gasteiger partial charge >= 0.3 is 138 Å². The van der Waals surface area contributed by atoms with Gasteiger partial charge in [-0.1, -0.05) is 34.1 Å². The molecule has 0 aliphatic carbocycles. The number of halogens is 8. The fraction of sp³-hybridized carbons (Fsp3) is 0.200. The Morgan fingerprint density at radius 3 is 1.38 bits per heavy atom. The van der Waals surface area contributed by atoms with Crippen LogP contribution < -0.4 is 160 Å². The van der Waals surface area contributed by atoms with Crippen molar-refractivity contribution < 1.29 is 190 Å². The van der Waals surface area contributed by atoms with Gasteiger partial charge in [-0.3, -0.25) is 24.3 Å². The van der Waals surface area contributed by atoms with Gasteiger partial charge in [0.15, 0.2) is 12.5 Å². The number of alkyl halides is 1. The van der Waals surface area contributed by atoms with E-state index in [0.717, 1.165) is 107 Å². The molecule has 6 aromatic carbocycles. The first kappa shape index (κ1) is 76.5. The number of fused-ring (bicyclic) bond motifs is 3. The summed E-state index contributed by atoms with van der Waals surface area (Å²) in [6.07, 6.45) is 12.1. The van der Waals surface area contributed by atoms with Crippen molar-refractivity contribution in [2.45, 2.75) is 69.4 Å². The number of hydrogen-bond acceptors (Lipinski definition) is 14. The average Bonchev–Trinajstić information content (AvgIpc) is 1.60. The van der Waals surface area contributed by atoms with Gasteiger partial charge in [-0.25, -0.2) is 50.2 Å². The van der Waals surface area contributed by atoms with E-state index in [9.17, 15) is 40.7 Å². The number of nitrogens with one attached hydrogen (secondary N) is 2. The molecule has 30 heteroatoms. The summed E-state index contributed by atoms with van der Waals surface area (Å²) in [5.74, 6) is -4.14. The zero-order valence-corrected chi connectivity index (χ0v) is 65.9. The van der Waals surface area contributed by atoms with E-state index in [2.05, 4.69) is 79.8 Å². The fourth-order valence-corrected chi connectivity index (χ4v) is 10.5. The predicted octanol–water partition coefficient (Wildman–Crippen LogP) is 5.72. The molecule has 2 unspecified atom stereocenters. The van der Waals surface area contributed by atoms with E-state index in [1.165, 1.54) is 99.3 Å². The topological polar surface area (TPSA) is 248 Å². The van der Waals surface area contributed by atoms with Gasteiger partial charge in [-0.05, 0) is 146 Å². The van der Waals surface area contributed by atoms with Crippen LogP contribution in [0.3, 0.4) is 0 Å². The van der Waals surface area contributed by atoms with Crippen molar-refractivity contribution >= 4 is 67.5 Å². The second kappa shape index (κ2) is 37.2. The Bertz CT molecular complexity index is 4670. The summed E-state index contributed by atoms with van der Waals surface area (Å²) in [7, 11) is 0. The Labute approximate surface area is 670 Å². The van der Waals surface area contributed by atoms with E-state index in [1.54, 1.807) is 12.4 Å². The van der Waals surface area contributed by atoms with Crippen LogP contribution >= 0.6 is 28.3 Å². The van der Waals surface area contributed by atoms with Crippen LogP contribution in [0.4, 0.5) is 26.3 Å². The van der Waals surface area contributed by atoms with Crippen LogP contribution in [0, 0.1) is 34.9 Å². The molecule has 2 aliphatic heterocycles. The van der Waals surface area contributed by atoms with Gasteiger partial charge in [0.2, 0.25) is 0 Å². The van der Waals surface area contributed by atoms with E-state index in [1.807, 2.05) is 52.0 Å². The summed E-state index contributed by atoms with van der Waals surface area (Å²) in [6.45, 7) is 1.88. The van der Waals surface area contributed by atoms with Gasteiger partial charge in [0.1, 0.15) is 34.9 Å². The summed E-state index contributed by atoms with van der Waals surface area (Å²) < 4.78 is 97.8. The Kier molecular flexibility index (Phi) is 30.0. The van der Waals surface area contributed by atoms with E-state index in [4.69, 9.17) is 19.5 Å². The van der Waals surface area contributed by atoms with Gasteiger partial charge in [0.25, 0.3) is 23.2 Å². The number of H-pyrrole nitrogens is 2. The number of hydrogen-bond donors (Lipinski definition) is 2. The summed E-state index contributed by atoms with van der Waals surface area (Å²) in [5, 5.41) is 42.5. The molecular weight excluding hydrogens is 1570 g/mol. The van der Waals surface area contributed by atoms with Crippen molar-refractivity contribution in [3.05, 3.63) is 247 Å². The Hall–Kier alpha value is -5.83. The van der Waals surface area contributed by atoms with Crippen molar-refractivity contribution in [3.63, 3.8) is 0 Å². The minimum Gasteiger partial charge on any atom is -1.00 e. The van der Waals surface area contributed by atoms with Crippen LogP contribution in [-0.4, -0.2) is 79.2 Å². The van der Waals surface area contributed by atoms with Crippen LogP contribution in [0.1, 0.15) is 69.1 Å². The van der Waals surface area contributed by atoms with Crippen molar-refractivity contribution in [3.8, 4) is 33.8 Å². The van der Waals surface area contributed by atoms with E-state index < -0.39 is 34.9 Å². The normalized spacial score (nSPS) is 13.9. The molecule has 0 spiro atoms. The molecule has 8 heterocycles. The summed E-state index contributed by atoms with van der Waals surface area (Å²) in [6, 6.07) is 35.6. The van der Waals surface area contributed by atoms with E-state index in [0.29, 0.717) is 17.1 Å². The van der Waals surface area contributed by atoms with Crippen molar-refractivity contribution in [1.29, 1.82) is 0 Å². The molecule has 14 rings (SSSR count). The van der Waals surface area contributed by atoms with Crippen LogP contribution in [0.25, 0.3) is 66.5 Å². The molecule has 2 atom stereocenters. The van der Waals surface area contributed by atoms with E-state index >= 15 is 0 Å². The van der Waals surface area contributed by atoms with Crippen molar-refractivity contribution in [2.75, 3.05) is 13.2 Å². The number of benzene rings is 6. The van der Waals surface area contributed by atoms with Gasteiger partial charge in [-0.15, -0.1) is 12.4 Å². The fourth-order valence-electron chi connectivity index (χ4n) is 10.2. The third kappa shape index (κ3) is 21.1. The smallest absolute Gasteiger partial charge is 1.00 e. The molecule has 95 heavy (non-hydrogen) atoms. The van der Waals surface area contributed by atoms with Gasteiger partial charge in [-0.2, -0.15) is 30.6 Å². The molecule has 2 saturated heterocycles. The summed E-state index contributed by atoms with van der Waals surface area (Å²) in [5.41, 5.74) is 6.87. The molecule has 6 aromatic heterocycles. The summed E-state index contributed by atoms with van der Waals surface area (Å²) >= 11 is 3.47. The number of aromatic amines is 2. The maximum Gasteiger partial charge on any atom is 1.00 e. The molecule has 2 fully saturated rings. The standard InChI is InChI=1S/C23H20F2N4O2.C18H12F2N4O.C13H15BrN2O.C10H6F2N2O.CH2O3.ClH.2Cs.H/c24-18-10-16(11-19(25)12-18)20-5-7-22(30)28(27-20)14-15-4-6-21-17(9-15)13-26-29(21)23-3-1-2-8-31-23;19-14-6-12(7-15(20)8-14)17-3-4-18(25)24(23-17)10-11-1-2-16-13(5-11)9-21-22-16;14-8-10-4-5-12-11(7-10)9-15-16(12)13-3-1-2-6-17-13;11-7-3-6(4-8(12)5-7)9-1-2-10(15)14-13-9;2-1-4-3;;;;/h4-7,9-13,23H,1-3,8,14H2;1-9H,10H2,(H,21,22);4-5,7,9,13H,1-3,6,8H2;1-5H,(H,14,15);1,3H;1H;;;/q;;;;;;2*+1;-1/p-1. The van der Waals surface area contributed by atoms with Crippen molar-refractivity contribution in [1.82, 2.24) is 59.5 Å². The SMILES string of the molecule is BrCc1ccc2c(cnn2C2CCCCO2)c1.Cl.O=CO[O-].O=c1ccc(-c2cc(F)cc(F)c2)n[nH]1.O=c1ccc(-c2cc(F)cc(F)c2)nn1Cc1ccc2[nH]ncc2c1.O=c1ccc(-c2cc(F)cc(F)c2)nn1Cc1ccc2c(cnn2C2CCCCO2)c1.[Cs+].[Cs+].[H-]. The van der Waals surface area contributed by atoms with Crippen LogP contribution in [-0.2, 0) is 37.6 Å². The largest absolute Gasteiger partial charge is 1.00 e. The number of carbonyl (C=O) groups is 1. The molecule has 20 nitrogen and oxygen atoms in total. The Balaban J connectivity index is 0.000000203. The van der Waals surface area contributed by atoms with Crippen LogP contribution in [0.5, 0.6) is 0 Å². The molecule has 2 N–H and O–H groups in total. The zero-order valence-electron chi connectivity index (χ0n) is 51.9. The average molecular weight is 1630 g/mol. The third-order valence-electron chi connectivity index (χ3n) is 14.4. The second-order valence-corrected chi connectivity index (χ2v) is 21.5. The number of aromatic nitrogens is 12. The van der Waals surface area contributed by atoms with Crippen LogP contribution in [0.2, 0.25) is 0 Å². The first-order valence-corrected chi connectivity index (χ1v) is 29.7. The maximum atomic E-state index is 13.6. The molecule has 482 valence electrons. The quantitative estimate of drug-likeness (QED) is 0.0517. The number of ether oxygens (including phenoxy) is 2. The zero-order chi connectivity index (χ0) is 64.7.